The van der Waals surface area contributed by atoms with E-state index >= 15 is 0 Å². The lowest BCUT2D eigenvalue weighted by Crippen LogP contribution is -2.22. The fourth-order valence-electron chi connectivity index (χ4n) is 1.89. The number of aromatic nitrogens is 5. The van der Waals surface area contributed by atoms with Gasteiger partial charge in [-0.3, -0.25) is 14.6 Å². The van der Waals surface area contributed by atoms with Crippen molar-refractivity contribution in [1.29, 1.82) is 0 Å². The second-order valence-electron chi connectivity index (χ2n) is 4.12. The van der Waals surface area contributed by atoms with Crippen molar-refractivity contribution in [3.8, 4) is 17.2 Å². The smallest absolute Gasteiger partial charge is 0.200 e. The van der Waals surface area contributed by atoms with E-state index in [1.54, 1.807) is 29.1 Å². The Hall–Kier alpha value is -2.87. The highest BCUT2D eigenvalue weighted by Crippen LogP contribution is 2.19. The highest BCUT2D eigenvalue weighted by Gasteiger charge is 2.12. The molecule has 7 nitrogen and oxygen atoms in total. The van der Waals surface area contributed by atoms with Crippen LogP contribution in [-0.4, -0.2) is 30.7 Å². The zero-order valence-electron chi connectivity index (χ0n) is 10.6. The number of hydrogen-bond acceptors (Lipinski definition) is 6. The maximum Gasteiger partial charge on any atom is 0.200 e. The van der Waals surface area contributed by atoms with Gasteiger partial charge in [-0.1, -0.05) is 12.1 Å². The maximum atomic E-state index is 11.0. The standard InChI is InChI=1S/C13H9N5O2S/c19-12(20)8-2-1-3-9(6-8)18-11(16-17-13(18)21)10-7-14-4-5-15-10/h1-7H,(H,17,21)(H,19,20)/p-1. The molecule has 2 aromatic heterocycles. The van der Waals surface area contributed by atoms with Crippen LogP contribution in [0.2, 0.25) is 0 Å². The molecule has 0 saturated carbocycles. The number of rotatable bonds is 3. The average molecular weight is 298 g/mol. The van der Waals surface area contributed by atoms with Crippen molar-refractivity contribution in [3.05, 3.63) is 53.2 Å². The summed E-state index contributed by atoms with van der Waals surface area (Å²) in [4.78, 5) is 19.1. The van der Waals surface area contributed by atoms with Gasteiger partial charge in [0, 0.05) is 12.4 Å². The second kappa shape index (κ2) is 5.25. The quantitative estimate of drug-likeness (QED) is 0.716. The number of nitrogens with zero attached hydrogens (tertiary/aromatic N) is 4. The number of carbonyl (C=O) groups excluding carboxylic acids is 1. The van der Waals surface area contributed by atoms with Crippen LogP contribution in [0.3, 0.4) is 0 Å². The van der Waals surface area contributed by atoms with Gasteiger partial charge in [0.1, 0.15) is 5.69 Å². The first-order valence-electron chi connectivity index (χ1n) is 5.92. The summed E-state index contributed by atoms with van der Waals surface area (Å²) >= 11 is 5.20. The van der Waals surface area contributed by atoms with Crippen LogP contribution in [0.25, 0.3) is 17.2 Å². The number of aromatic amines is 1. The Bertz CT molecular complexity index is 856. The monoisotopic (exact) mass is 298 g/mol. The van der Waals surface area contributed by atoms with Crippen LogP contribution in [0.5, 0.6) is 0 Å². The van der Waals surface area contributed by atoms with Gasteiger partial charge in [-0.2, -0.15) is 5.10 Å². The average Bonchev–Trinajstić information content (AvgIpc) is 2.90. The molecule has 0 bridgehead atoms. The third-order valence-electron chi connectivity index (χ3n) is 2.80. The summed E-state index contributed by atoms with van der Waals surface area (Å²) in [6.07, 6.45) is 4.63. The first-order valence-corrected chi connectivity index (χ1v) is 6.33. The molecular formula is C13H8N5O2S-. The summed E-state index contributed by atoms with van der Waals surface area (Å²) in [6, 6.07) is 6.23. The maximum absolute atomic E-state index is 11.0. The summed E-state index contributed by atoms with van der Waals surface area (Å²) in [5.74, 6) is -0.809. The molecule has 0 aliphatic rings. The number of H-pyrrole nitrogens is 1. The van der Waals surface area contributed by atoms with E-state index in [1.807, 2.05) is 0 Å². The van der Waals surface area contributed by atoms with Crippen molar-refractivity contribution < 1.29 is 9.90 Å². The number of hydrogen-bond donors (Lipinski definition) is 1. The van der Waals surface area contributed by atoms with Crippen LogP contribution in [0.15, 0.2) is 42.9 Å². The minimum absolute atomic E-state index is 0.0562. The third kappa shape index (κ3) is 2.43. The van der Waals surface area contributed by atoms with Gasteiger partial charge >= 0.3 is 0 Å². The molecule has 3 rings (SSSR count). The summed E-state index contributed by atoms with van der Waals surface area (Å²) in [7, 11) is 0. The topological polar surface area (TPSA) is 99.5 Å². The van der Waals surface area contributed by atoms with Crippen LogP contribution in [0, 0.1) is 4.77 Å². The van der Waals surface area contributed by atoms with Gasteiger partial charge in [0.15, 0.2) is 10.6 Å². The van der Waals surface area contributed by atoms with Crippen LogP contribution >= 0.6 is 12.2 Å². The molecule has 3 aromatic rings. The molecule has 0 fully saturated rings. The molecule has 0 unspecified atom stereocenters. The Morgan fingerprint density at radius 2 is 2.19 bits per heavy atom. The van der Waals surface area contributed by atoms with Crippen molar-refractivity contribution in [3.63, 3.8) is 0 Å². The summed E-state index contributed by atoms with van der Waals surface area (Å²) in [5, 5.41) is 17.8. The van der Waals surface area contributed by atoms with E-state index in [0.717, 1.165) is 0 Å². The van der Waals surface area contributed by atoms with Gasteiger partial charge in [-0.25, -0.2) is 4.98 Å². The van der Waals surface area contributed by atoms with E-state index in [9.17, 15) is 9.90 Å². The zero-order chi connectivity index (χ0) is 14.8. The Kier molecular flexibility index (Phi) is 3.28. The molecular weight excluding hydrogens is 290 g/mol. The number of carboxylic acid groups (broad SMARTS) is 1. The normalized spacial score (nSPS) is 10.5. The number of benzene rings is 1. The first-order chi connectivity index (χ1) is 10.2. The van der Waals surface area contributed by atoms with Crippen LogP contribution in [-0.2, 0) is 0 Å². The predicted molar refractivity (Wildman–Crippen MR) is 74.1 cm³/mol. The van der Waals surface area contributed by atoms with E-state index in [4.69, 9.17) is 12.2 Å². The highest BCUT2D eigenvalue weighted by molar-refractivity contribution is 7.71. The van der Waals surface area contributed by atoms with Crippen molar-refractivity contribution in [2.24, 2.45) is 0 Å². The number of carbonyl (C=O) groups is 1. The summed E-state index contributed by atoms with van der Waals surface area (Å²) < 4.78 is 1.91. The van der Waals surface area contributed by atoms with E-state index in [-0.39, 0.29) is 5.56 Å². The molecule has 2 heterocycles. The van der Waals surface area contributed by atoms with Gasteiger partial charge in [-0.15, -0.1) is 0 Å². The van der Waals surface area contributed by atoms with Gasteiger partial charge < -0.3 is 9.90 Å². The molecule has 8 heteroatoms. The Morgan fingerprint density at radius 1 is 1.33 bits per heavy atom. The largest absolute Gasteiger partial charge is 0.545 e. The zero-order valence-corrected chi connectivity index (χ0v) is 11.4. The number of carboxylic acids is 1. The molecule has 0 aliphatic heterocycles. The van der Waals surface area contributed by atoms with Crippen LogP contribution < -0.4 is 5.11 Å². The number of aromatic carboxylic acids is 1. The van der Waals surface area contributed by atoms with Gasteiger partial charge in [0.25, 0.3) is 0 Å². The lowest BCUT2D eigenvalue weighted by molar-refractivity contribution is -0.255. The fraction of sp³-hybridized carbons (Fsp3) is 0. The summed E-state index contributed by atoms with van der Waals surface area (Å²) in [5.41, 5.74) is 1.13. The molecule has 21 heavy (non-hydrogen) atoms. The predicted octanol–water partition coefficient (Wildman–Crippen LogP) is 0.750. The van der Waals surface area contributed by atoms with E-state index < -0.39 is 5.97 Å². The molecule has 0 atom stereocenters. The minimum Gasteiger partial charge on any atom is -0.545 e. The Labute approximate surface area is 123 Å². The molecule has 0 radical (unpaired) electrons. The molecule has 104 valence electrons. The minimum atomic E-state index is -1.26. The van der Waals surface area contributed by atoms with E-state index in [2.05, 4.69) is 20.2 Å². The molecule has 0 aliphatic carbocycles. The lowest BCUT2D eigenvalue weighted by atomic mass is 10.2. The van der Waals surface area contributed by atoms with Gasteiger partial charge in [-0.05, 0) is 29.9 Å². The SMILES string of the molecule is O=C([O-])c1cccc(-n2c(-c3cnccn3)n[nH]c2=S)c1. The first kappa shape index (κ1) is 13.1. The number of nitrogens with one attached hydrogen (secondary N) is 1. The third-order valence-corrected chi connectivity index (χ3v) is 3.08. The molecule has 1 N–H and O–H groups in total. The highest BCUT2D eigenvalue weighted by atomic mass is 32.1. The van der Waals surface area contributed by atoms with Crippen LogP contribution in [0.4, 0.5) is 0 Å². The molecule has 0 spiro atoms. The molecule has 1 aromatic carbocycles. The molecule has 0 amide bonds. The lowest BCUT2D eigenvalue weighted by Gasteiger charge is -2.08. The molecule has 0 saturated heterocycles. The van der Waals surface area contributed by atoms with E-state index in [0.29, 0.717) is 22.0 Å². The van der Waals surface area contributed by atoms with Crippen molar-refractivity contribution in [2.45, 2.75) is 0 Å². The van der Waals surface area contributed by atoms with Crippen LogP contribution in [0.1, 0.15) is 10.4 Å². The van der Waals surface area contributed by atoms with Gasteiger partial charge in [0.05, 0.1) is 17.9 Å². The Balaban J connectivity index is 2.20. The summed E-state index contributed by atoms with van der Waals surface area (Å²) in [6.45, 7) is 0. The fourth-order valence-corrected chi connectivity index (χ4v) is 2.13. The van der Waals surface area contributed by atoms with Gasteiger partial charge in [0.2, 0.25) is 0 Å². The van der Waals surface area contributed by atoms with Crippen molar-refractivity contribution in [2.75, 3.05) is 0 Å². The van der Waals surface area contributed by atoms with Crippen molar-refractivity contribution >= 4 is 18.2 Å². The second-order valence-corrected chi connectivity index (χ2v) is 4.50. The van der Waals surface area contributed by atoms with Crippen molar-refractivity contribution in [1.82, 2.24) is 24.7 Å². The van der Waals surface area contributed by atoms with E-state index in [1.165, 1.54) is 18.3 Å². The Morgan fingerprint density at radius 3 is 2.90 bits per heavy atom.